The molecule has 1 heterocycles. The van der Waals surface area contributed by atoms with Crippen LogP contribution in [0.5, 0.6) is 0 Å². The molecule has 12 heavy (non-hydrogen) atoms. The summed E-state index contributed by atoms with van der Waals surface area (Å²) < 4.78 is 21.5. The van der Waals surface area contributed by atoms with Crippen LogP contribution in [-0.4, -0.2) is 13.4 Å². The van der Waals surface area contributed by atoms with Gasteiger partial charge in [-0.3, -0.25) is 0 Å². The number of hydrogen-bond acceptors (Lipinski definition) is 3. The molecule has 0 aliphatic heterocycles. The molecule has 0 bridgehead atoms. The Morgan fingerprint density at radius 2 is 1.92 bits per heavy atom. The van der Waals surface area contributed by atoms with Crippen molar-refractivity contribution in [2.45, 2.75) is 4.90 Å². The highest BCUT2D eigenvalue weighted by Crippen LogP contribution is 2.25. The average molecular weight is 247 g/mol. The molecule has 0 N–H and O–H groups in total. The summed E-state index contributed by atoms with van der Waals surface area (Å²) >= 11 is 11.0. The van der Waals surface area contributed by atoms with Gasteiger partial charge in [0.15, 0.2) is 0 Å². The second-order valence-electron chi connectivity index (χ2n) is 1.88. The molecule has 0 amide bonds. The van der Waals surface area contributed by atoms with Crippen molar-refractivity contribution in [1.82, 2.24) is 4.98 Å². The summed E-state index contributed by atoms with van der Waals surface area (Å²) in [6, 6.07) is 1.21. The molecule has 0 saturated heterocycles. The molecule has 1 rings (SSSR count). The zero-order valence-electron chi connectivity index (χ0n) is 5.46. The van der Waals surface area contributed by atoms with Crippen LogP contribution in [0.2, 0.25) is 10.2 Å². The van der Waals surface area contributed by atoms with Crippen molar-refractivity contribution in [1.29, 1.82) is 0 Å². The number of nitrogens with zero attached hydrogens (tertiary/aromatic N) is 1. The molecule has 0 atom stereocenters. The third-order valence-electron chi connectivity index (χ3n) is 1.05. The Hall–Kier alpha value is -0.0300. The van der Waals surface area contributed by atoms with Gasteiger partial charge in [0.2, 0.25) is 0 Å². The Morgan fingerprint density at radius 3 is 2.33 bits per heavy atom. The lowest BCUT2D eigenvalue weighted by Gasteiger charge is -1.97. The highest BCUT2D eigenvalue weighted by Gasteiger charge is 2.15. The first-order chi connectivity index (χ1) is 5.41. The molecule has 3 nitrogen and oxygen atoms in total. The van der Waals surface area contributed by atoms with Gasteiger partial charge in [-0.15, -0.1) is 0 Å². The fourth-order valence-corrected chi connectivity index (χ4v) is 2.20. The molecule has 0 unspecified atom stereocenters. The minimum Gasteiger partial charge on any atom is -0.243 e. The number of aromatic nitrogens is 1. The highest BCUT2D eigenvalue weighted by atomic mass is 35.7. The number of halogens is 3. The summed E-state index contributed by atoms with van der Waals surface area (Å²) in [6.45, 7) is 0. The van der Waals surface area contributed by atoms with Gasteiger partial charge in [0.25, 0.3) is 9.05 Å². The lowest BCUT2D eigenvalue weighted by molar-refractivity contribution is 0.609. The van der Waals surface area contributed by atoms with E-state index in [4.69, 9.17) is 33.9 Å². The maximum atomic E-state index is 10.8. The van der Waals surface area contributed by atoms with Crippen LogP contribution in [0, 0.1) is 0 Å². The fraction of sp³-hybridized carbons (Fsp3) is 0. The first-order valence-electron chi connectivity index (χ1n) is 2.67. The van der Waals surface area contributed by atoms with Crippen LogP contribution in [0.4, 0.5) is 0 Å². The van der Waals surface area contributed by atoms with Crippen LogP contribution in [0.3, 0.4) is 0 Å². The monoisotopic (exact) mass is 245 g/mol. The van der Waals surface area contributed by atoms with E-state index in [0.717, 1.165) is 6.20 Å². The molecule has 0 radical (unpaired) electrons. The molecule has 1 aromatic heterocycles. The molecule has 0 aromatic carbocycles. The minimum absolute atomic E-state index is 0.0370. The normalized spacial score (nSPS) is 11.6. The van der Waals surface area contributed by atoms with Gasteiger partial charge in [-0.2, -0.15) is 0 Å². The van der Waals surface area contributed by atoms with Crippen molar-refractivity contribution >= 4 is 42.9 Å². The van der Waals surface area contributed by atoms with E-state index in [2.05, 4.69) is 4.98 Å². The Labute approximate surface area is 83.7 Å². The van der Waals surface area contributed by atoms with E-state index < -0.39 is 9.05 Å². The van der Waals surface area contributed by atoms with E-state index in [1.54, 1.807) is 0 Å². The average Bonchev–Trinajstić information content (AvgIpc) is 1.83. The van der Waals surface area contributed by atoms with Gasteiger partial charge in [0, 0.05) is 10.7 Å². The van der Waals surface area contributed by atoms with Crippen LogP contribution in [0.25, 0.3) is 0 Å². The number of rotatable bonds is 1. The van der Waals surface area contributed by atoms with Crippen LogP contribution in [-0.2, 0) is 9.05 Å². The SMILES string of the molecule is O=S(=O)(Cl)c1cnc(Cl)cc1Cl. The summed E-state index contributed by atoms with van der Waals surface area (Å²) in [4.78, 5) is 3.28. The van der Waals surface area contributed by atoms with Gasteiger partial charge in [-0.25, -0.2) is 13.4 Å². The van der Waals surface area contributed by atoms with Crippen LogP contribution >= 0.6 is 33.9 Å². The number of pyridine rings is 1. The van der Waals surface area contributed by atoms with E-state index in [1.807, 2.05) is 0 Å². The van der Waals surface area contributed by atoms with Crippen LogP contribution < -0.4 is 0 Å². The lowest BCUT2D eigenvalue weighted by Crippen LogP contribution is -1.92. The third kappa shape index (κ3) is 2.23. The van der Waals surface area contributed by atoms with Crippen molar-refractivity contribution in [3.63, 3.8) is 0 Å². The second kappa shape index (κ2) is 3.38. The second-order valence-corrected chi connectivity index (χ2v) is 5.20. The van der Waals surface area contributed by atoms with E-state index in [9.17, 15) is 8.42 Å². The Kier molecular flexibility index (Phi) is 2.83. The predicted octanol–water partition coefficient (Wildman–Crippen LogP) is 2.32. The molecule has 1 aromatic rings. The highest BCUT2D eigenvalue weighted by molar-refractivity contribution is 8.13. The maximum absolute atomic E-state index is 10.8. The van der Waals surface area contributed by atoms with Gasteiger partial charge in [-0.1, -0.05) is 23.2 Å². The summed E-state index contributed by atoms with van der Waals surface area (Å²) in [5.41, 5.74) is 0. The Balaban J connectivity index is 3.39. The maximum Gasteiger partial charge on any atom is 0.264 e. The topological polar surface area (TPSA) is 47.0 Å². The predicted molar refractivity (Wildman–Crippen MR) is 47.3 cm³/mol. The van der Waals surface area contributed by atoms with Gasteiger partial charge in [0.1, 0.15) is 10.0 Å². The summed E-state index contributed by atoms with van der Waals surface area (Å²) in [5, 5.41) is 0.0778. The molecular formula is C5H2Cl3NO2S. The minimum atomic E-state index is -3.83. The first kappa shape index (κ1) is 10.1. The van der Waals surface area contributed by atoms with E-state index in [1.165, 1.54) is 6.07 Å². The number of hydrogen-bond donors (Lipinski definition) is 0. The fourth-order valence-electron chi connectivity index (χ4n) is 0.574. The lowest BCUT2D eigenvalue weighted by atomic mass is 10.5. The quantitative estimate of drug-likeness (QED) is 0.564. The molecule has 66 valence electrons. The standard InChI is InChI=1S/C5H2Cl3NO2S/c6-3-1-5(7)9-2-4(3)12(8,10)11/h1-2H. The van der Waals surface area contributed by atoms with Crippen LogP contribution in [0.1, 0.15) is 0 Å². The zero-order chi connectivity index (χ0) is 9.35. The molecule has 0 aliphatic carbocycles. The van der Waals surface area contributed by atoms with Gasteiger partial charge in [-0.05, 0) is 6.07 Å². The van der Waals surface area contributed by atoms with Crippen LogP contribution in [0.15, 0.2) is 17.2 Å². The van der Waals surface area contributed by atoms with Crippen molar-refractivity contribution < 1.29 is 8.42 Å². The molecule has 0 fully saturated rings. The van der Waals surface area contributed by atoms with Crippen molar-refractivity contribution in [2.75, 3.05) is 0 Å². The first-order valence-corrected chi connectivity index (χ1v) is 5.73. The van der Waals surface area contributed by atoms with Gasteiger partial charge in [0.05, 0.1) is 11.2 Å². The molecule has 0 saturated carbocycles. The van der Waals surface area contributed by atoms with Crippen molar-refractivity contribution in [3.05, 3.63) is 22.4 Å². The largest absolute Gasteiger partial charge is 0.264 e. The van der Waals surface area contributed by atoms with Gasteiger partial charge < -0.3 is 0 Å². The van der Waals surface area contributed by atoms with E-state index in [-0.39, 0.29) is 15.1 Å². The Bertz CT molecular complexity index is 403. The summed E-state index contributed by atoms with van der Waals surface area (Å²) in [6.07, 6.45) is 1.01. The third-order valence-corrected chi connectivity index (χ3v) is 3.03. The zero-order valence-corrected chi connectivity index (χ0v) is 8.54. The Morgan fingerprint density at radius 1 is 1.33 bits per heavy atom. The molecule has 0 spiro atoms. The van der Waals surface area contributed by atoms with E-state index >= 15 is 0 Å². The smallest absolute Gasteiger partial charge is 0.243 e. The van der Waals surface area contributed by atoms with Crippen molar-refractivity contribution in [3.8, 4) is 0 Å². The summed E-state index contributed by atoms with van der Waals surface area (Å²) in [7, 11) is 1.19. The molecular weight excluding hydrogens is 244 g/mol. The summed E-state index contributed by atoms with van der Waals surface area (Å²) in [5.74, 6) is 0. The van der Waals surface area contributed by atoms with Crippen molar-refractivity contribution in [2.24, 2.45) is 0 Å². The van der Waals surface area contributed by atoms with Gasteiger partial charge >= 0.3 is 0 Å². The van der Waals surface area contributed by atoms with E-state index in [0.29, 0.717) is 0 Å². The molecule has 7 heteroatoms. The molecule has 0 aliphatic rings.